The largest absolute Gasteiger partial charge is 0.466 e. The number of hydrogen-bond donors (Lipinski definition) is 1. The second kappa shape index (κ2) is 5.91. The van der Waals surface area contributed by atoms with Crippen LogP contribution in [0, 0.1) is 11.3 Å². The van der Waals surface area contributed by atoms with Gasteiger partial charge in [0.1, 0.15) is 11.8 Å². The van der Waals surface area contributed by atoms with E-state index in [9.17, 15) is 13.6 Å². The Morgan fingerprint density at radius 2 is 2.33 bits per heavy atom. The molecule has 0 saturated heterocycles. The SMILES string of the molecule is CCOC(=O)Cc1nc(C#N)c(C(F)F)cc1N. The second-order valence-electron chi connectivity index (χ2n) is 3.36. The number of rotatable bonds is 4. The maximum absolute atomic E-state index is 12.6. The molecule has 0 aliphatic heterocycles. The molecule has 96 valence electrons. The molecule has 0 unspecified atom stereocenters. The van der Waals surface area contributed by atoms with E-state index in [-0.39, 0.29) is 24.4 Å². The summed E-state index contributed by atoms with van der Waals surface area (Å²) in [6, 6.07) is 2.51. The Kier molecular flexibility index (Phi) is 4.54. The molecule has 1 heterocycles. The van der Waals surface area contributed by atoms with Crippen molar-refractivity contribution in [2.45, 2.75) is 19.8 Å². The first-order valence-corrected chi connectivity index (χ1v) is 5.12. The fraction of sp³-hybridized carbons (Fsp3) is 0.364. The molecule has 0 fully saturated rings. The van der Waals surface area contributed by atoms with Crippen LogP contribution in [0.5, 0.6) is 0 Å². The van der Waals surface area contributed by atoms with E-state index in [0.29, 0.717) is 0 Å². The molecular formula is C11H11F2N3O2. The van der Waals surface area contributed by atoms with E-state index in [2.05, 4.69) is 9.72 Å². The number of nitrogen functional groups attached to an aromatic ring is 1. The van der Waals surface area contributed by atoms with Gasteiger partial charge in [0.15, 0.2) is 0 Å². The quantitative estimate of drug-likeness (QED) is 0.825. The number of pyridine rings is 1. The molecule has 0 aliphatic carbocycles. The molecule has 0 aromatic carbocycles. The first-order chi connectivity index (χ1) is 8.49. The van der Waals surface area contributed by atoms with Gasteiger partial charge in [-0.15, -0.1) is 0 Å². The number of aromatic nitrogens is 1. The van der Waals surface area contributed by atoms with Gasteiger partial charge in [-0.05, 0) is 13.0 Å². The van der Waals surface area contributed by atoms with Gasteiger partial charge in [-0.2, -0.15) is 5.26 Å². The Balaban J connectivity index is 3.09. The zero-order valence-electron chi connectivity index (χ0n) is 9.61. The van der Waals surface area contributed by atoms with E-state index in [0.717, 1.165) is 6.07 Å². The summed E-state index contributed by atoms with van der Waals surface area (Å²) in [6.45, 7) is 1.83. The lowest BCUT2D eigenvalue weighted by molar-refractivity contribution is -0.142. The van der Waals surface area contributed by atoms with Crippen molar-refractivity contribution in [2.24, 2.45) is 0 Å². The van der Waals surface area contributed by atoms with Crippen LogP contribution in [-0.4, -0.2) is 17.6 Å². The fourth-order valence-electron chi connectivity index (χ4n) is 1.33. The highest BCUT2D eigenvalue weighted by atomic mass is 19.3. The molecular weight excluding hydrogens is 244 g/mol. The molecule has 0 spiro atoms. The maximum Gasteiger partial charge on any atom is 0.311 e. The number of hydrogen-bond acceptors (Lipinski definition) is 5. The zero-order chi connectivity index (χ0) is 13.7. The molecule has 0 radical (unpaired) electrons. The summed E-state index contributed by atoms with van der Waals surface area (Å²) in [5.41, 5.74) is 4.55. The highest BCUT2D eigenvalue weighted by Gasteiger charge is 2.18. The summed E-state index contributed by atoms with van der Waals surface area (Å²) < 4.78 is 29.8. The number of anilines is 1. The van der Waals surface area contributed by atoms with Gasteiger partial charge in [0.25, 0.3) is 6.43 Å². The van der Waals surface area contributed by atoms with E-state index in [1.54, 1.807) is 13.0 Å². The van der Waals surface area contributed by atoms with Crippen molar-refractivity contribution in [1.82, 2.24) is 4.98 Å². The maximum atomic E-state index is 12.6. The smallest absolute Gasteiger partial charge is 0.311 e. The van der Waals surface area contributed by atoms with E-state index in [1.165, 1.54) is 0 Å². The number of ether oxygens (including phenoxy) is 1. The average Bonchev–Trinajstić information content (AvgIpc) is 2.31. The van der Waals surface area contributed by atoms with E-state index >= 15 is 0 Å². The van der Waals surface area contributed by atoms with Gasteiger partial charge in [-0.25, -0.2) is 13.8 Å². The van der Waals surface area contributed by atoms with Gasteiger partial charge in [0.05, 0.1) is 30.0 Å². The minimum Gasteiger partial charge on any atom is -0.466 e. The van der Waals surface area contributed by atoms with Gasteiger partial charge in [0, 0.05) is 0 Å². The number of alkyl halides is 2. The van der Waals surface area contributed by atoms with Crippen LogP contribution >= 0.6 is 0 Å². The molecule has 0 bridgehead atoms. The van der Waals surface area contributed by atoms with Gasteiger partial charge in [0.2, 0.25) is 0 Å². The van der Waals surface area contributed by atoms with Crippen LogP contribution in [0.3, 0.4) is 0 Å². The van der Waals surface area contributed by atoms with Crippen molar-refractivity contribution in [3.05, 3.63) is 23.0 Å². The van der Waals surface area contributed by atoms with Crippen LogP contribution in [0.1, 0.15) is 30.3 Å². The Hall–Kier alpha value is -2.23. The van der Waals surface area contributed by atoms with Crippen LogP contribution < -0.4 is 5.73 Å². The van der Waals surface area contributed by atoms with Crippen molar-refractivity contribution in [3.63, 3.8) is 0 Å². The average molecular weight is 255 g/mol. The topological polar surface area (TPSA) is 89.0 Å². The molecule has 1 rings (SSSR count). The van der Waals surface area contributed by atoms with Crippen molar-refractivity contribution >= 4 is 11.7 Å². The fourth-order valence-corrected chi connectivity index (χ4v) is 1.33. The predicted molar refractivity (Wildman–Crippen MR) is 58.7 cm³/mol. The summed E-state index contributed by atoms with van der Waals surface area (Å²) in [5.74, 6) is -0.578. The van der Waals surface area contributed by atoms with Gasteiger partial charge in [-0.3, -0.25) is 4.79 Å². The third-order valence-electron chi connectivity index (χ3n) is 2.12. The van der Waals surface area contributed by atoms with Crippen molar-refractivity contribution < 1.29 is 18.3 Å². The number of carbonyl (C=O) groups is 1. The lowest BCUT2D eigenvalue weighted by Gasteiger charge is -2.08. The van der Waals surface area contributed by atoms with E-state index < -0.39 is 23.7 Å². The third-order valence-corrected chi connectivity index (χ3v) is 2.12. The molecule has 0 saturated carbocycles. The Morgan fingerprint density at radius 3 is 2.83 bits per heavy atom. The Morgan fingerprint density at radius 1 is 1.67 bits per heavy atom. The number of carbonyl (C=O) groups excluding carboxylic acids is 1. The van der Waals surface area contributed by atoms with Crippen molar-refractivity contribution in [2.75, 3.05) is 12.3 Å². The minimum absolute atomic E-state index is 0.0580. The highest BCUT2D eigenvalue weighted by Crippen LogP contribution is 2.25. The van der Waals surface area contributed by atoms with Crippen LogP contribution in [-0.2, 0) is 16.0 Å². The van der Waals surface area contributed by atoms with Crippen molar-refractivity contribution in [1.29, 1.82) is 5.26 Å². The zero-order valence-corrected chi connectivity index (χ0v) is 9.61. The van der Waals surface area contributed by atoms with Crippen molar-refractivity contribution in [3.8, 4) is 6.07 Å². The number of esters is 1. The lowest BCUT2D eigenvalue weighted by atomic mass is 10.1. The normalized spacial score (nSPS) is 10.2. The number of nitriles is 1. The minimum atomic E-state index is -2.84. The van der Waals surface area contributed by atoms with Gasteiger partial charge >= 0.3 is 5.97 Å². The molecule has 0 amide bonds. The van der Waals surface area contributed by atoms with Crippen LogP contribution in [0.4, 0.5) is 14.5 Å². The molecule has 1 aromatic heterocycles. The summed E-state index contributed by atoms with van der Waals surface area (Å²) in [4.78, 5) is 14.9. The standard InChI is InChI=1S/C11H11F2N3O2/c1-2-18-10(17)4-8-7(15)3-6(11(12)13)9(5-14)16-8/h3,11H,2,4,15H2,1H3. The lowest BCUT2D eigenvalue weighted by Crippen LogP contribution is -2.12. The monoisotopic (exact) mass is 255 g/mol. The van der Waals surface area contributed by atoms with Crippen LogP contribution in [0.15, 0.2) is 6.07 Å². The molecule has 5 nitrogen and oxygen atoms in total. The summed E-state index contributed by atoms with van der Waals surface area (Å²) in [7, 11) is 0. The Labute approximate surface area is 102 Å². The van der Waals surface area contributed by atoms with Crippen LogP contribution in [0.2, 0.25) is 0 Å². The predicted octanol–water partition coefficient (Wildman–Crippen LogP) is 1.58. The van der Waals surface area contributed by atoms with E-state index in [1.807, 2.05) is 0 Å². The molecule has 1 aromatic rings. The summed E-state index contributed by atoms with van der Waals surface area (Å²) in [5, 5.41) is 8.72. The first kappa shape index (κ1) is 13.8. The Bertz CT molecular complexity index is 498. The molecule has 18 heavy (non-hydrogen) atoms. The second-order valence-corrected chi connectivity index (χ2v) is 3.36. The summed E-state index contributed by atoms with van der Waals surface area (Å²) >= 11 is 0. The van der Waals surface area contributed by atoms with E-state index in [4.69, 9.17) is 11.0 Å². The molecule has 0 aliphatic rings. The molecule has 7 heteroatoms. The summed E-state index contributed by atoms with van der Waals surface area (Å²) in [6.07, 6.45) is -3.09. The number of nitrogens with zero attached hydrogens (tertiary/aromatic N) is 2. The first-order valence-electron chi connectivity index (χ1n) is 5.12. The van der Waals surface area contributed by atoms with Gasteiger partial charge < -0.3 is 10.5 Å². The number of nitrogens with two attached hydrogens (primary N) is 1. The highest BCUT2D eigenvalue weighted by molar-refractivity contribution is 5.74. The third kappa shape index (κ3) is 3.13. The van der Waals surface area contributed by atoms with Gasteiger partial charge in [-0.1, -0.05) is 0 Å². The van der Waals surface area contributed by atoms with Crippen LogP contribution in [0.25, 0.3) is 0 Å². The number of halogens is 2. The molecule has 2 N–H and O–H groups in total. The molecule has 0 atom stereocenters.